The van der Waals surface area contributed by atoms with Crippen LogP contribution in [0, 0.1) is 0 Å². The summed E-state index contributed by atoms with van der Waals surface area (Å²) < 4.78 is 1.84. The van der Waals surface area contributed by atoms with Crippen molar-refractivity contribution in [3.8, 4) is 0 Å². The zero-order valence-electron chi connectivity index (χ0n) is 10.1. The number of fused-ring (bicyclic) bond motifs is 1. The maximum atomic E-state index is 5.89. The Labute approximate surface area is 110 Å². The molecule has 0 amide bonds. The lowest BCUT2D eigenvalue weighted by Gasteiger charge is -2.21. The van der Waals surface area contributed by atoms with Gasteiger partial charge in [0.15, 0.2) is 5.65 Å². The summed E-state index contributed by atoms with van der Waals surface area (Å²) in [5.74, 6) is 0.634. The molecule has 0 aliphatic heterocycles. The van der Waals surface area contributed by atoms with Crippen molar-refractivity contribution in [2.24, 2.45) is 0 Å². The van der Waals surface area contributed by atoms with E-state index in [0.717, 1.165) is 12.2 Å². The van der Waals surface area contributed by atoms with Gasteiger partial charge in [0.25, 0.3) is 0 Å². The topological polar surface area (TPSA) is 42.2 Å². The number of nitrogens with zero attached hydrogens (tertiary/aromatic N) is 3. The van der Waals surface area contributed by atoms with Gasteiger partial charge in [0, 0.05) is 17.5 Å². The monoisotopic (exact) mass is 270 g/mol. The molecule has 1 N–H and O–H groups in total. The summed E-state index contributed by atoms with van der Waals surface area (Å²) in [5.41, 5.74) is 0.791. The average molecular weight is 271 g/mol. The Hall–Kier alpha value is -0.940. The first-order chi connectivity index (χ1) is 8.00. The van der Waals surface area contributed by atoms with E-state index in [-0.39, 0.29) is 4.75 Å². The standard InChI is InChI=1S/C11H15ClN4S/c1-11(2,17-3)7-13-10-14-9-5-4-8(12)6-16(9)15-10/h4-6H,7H2,1-3H3,(H,13,15). The molecule has 2 aromatic rings. The molecule has 0 atom stereocenters. The van der Waals surface area contributed by atoms with Crippen LogP contribution in [-0.2, 0) is 0 Å². The van der Waals surface area contributed by atoms with Gasteiger partial charge in [-0.3, -0.25) is 0 Å². The molecule has 17 heavy (non-hydrogen) atoms. The highest BCUT2D eigenvalue weighted by molar-refractivity contribution is 7.99. The molecule has 6 heteroatoms. The van der Waals surface area contributed by atoms with Crippen LogP contribution in [0.3, 0.4) is 0 Å². The quantitative estimate of drug-likeness (QED) is 0.928. The van der Waals surface area contributed by atoms with Crippen LogP contribution >= 0.6 is 23.4 Å². The molecule has 2 heterocycles. The van der Waals surface area contributed by atoms with E-state index >= 15 is 0 Å². The summed E-state index contributed by atoms with van der Waals surface area (Å²) in [6, 6.07) is 3.65. The summed E-state index contributed by atoms with van der Waals surface area (Å²) >= 11 is 7.70. The van der Waals surface area contributed by atoms with E-state index in [1.54, 1.807) is 16.8 Å². The third-order valence-electron chi connectivity index (χ3n) is 2.52. The van der Waals surface area contributed by atoms with E-state index in [9.17, 15) is 0 Å². The van der Waals surface area contributed by atoms with Crippen molar-refractivity contribution < 1.29 is 0 Å². The largest absolute Gasteiger partial charge is 0.352 e. The van der Waals surface area contributed by atoms with Crippen molar-refractivity contribution in [2.75, 3.05) is 18.1 Å². The predicted molar refractivity (Wildman–Crippen MR) is 74.1 cm³/mol. The lowest BCUT2D eigenvalue weighted by atomic mass is 10.2. The highest BCUT2D eigenvalue weighted by Gasteiger charge is 2.16. The Morgan fingerprint density at radius 2 is 2.24 bits per heavy atom. The normalized spacial score (nSPS) is 12.0. The molecule has 0 fully saturated rings. The van der Waals surface area contributed by atoms with Gasteiger partial charge in [-0.25, -0.2) is 4.52 Å². The van der Waals surface area contributed by atoms with Crippen molar-refractivity contribution in [3.63, 3.8) is 0 Å². The second-order valence-electron chi connectivity index (χ2n) is 4.40. The number of pyridine rings is 1. The third-order valence-corrected chi connectivity index (χ3v) is 3.99. The Kier molecular flexibility index (Phi) is 3.49. The Balaban J connectivity index is 2.15. The van der Waals surface area contributed by atoms with Gasteiger partial charge >= 0.3 is 0 Å². The van der Waals surface area contributed by atoms with Crippen molar-refractivity contribution in [3.05, 3.63) is 23.4 Å². The third kappa shape index (κ3) is 3.04. The van der Waals surface area contributed by atoms with Crippen LogP contribution in [0.4, 0.5) is 5.95 Å². The van der Waals surface area contributed by atoms with Crippen molar-refractivity contribution >= 4 is 35.0 Å². The minimum absolute atomic E-state index is 0.162. The maximum Gasteiger partial charge on any atom is 0.243 e. The van der Waals surface area contributed by atoms with Gasteiger partial charge in [-0.05, 0) is 32.2 Å². The molecule has 92 valence electrons. The van der Waals surface area contributed by atoms with E-state index in [1.807, 2.05) is 17.8 Å². The van der Waals surface area contributed by atoms with E-state index in [2.05, 4.69) is 35.5 Å². The molecule has 0 aromatic carbocycles. The fourth-order valence-corrected chi connectivity index (χ4v) is 1.67. The Bertz CT molecular complexity index is 523. The second-order valence-corrected chi connectivity index (χ2v) is 6.35. The number of rotatable bonds is 4. The molecule has 2 aromatic heterocycles. The number of thioether (sulfide) groups is 1. The van der Waals surface area contributed by atoms with Crippen LogP contribution in [0.2, 0.25) is 5.02 Å². The summed E-state index contributed by atoms with van der Waals surface area (Å²) in [7, 11) is 0. The van der Waals surface area contributed by atoms with E-state index in [0.29, 0.717) is 11.0 Å². The van der Waals surface area contributed by atoms with Crippen molar-refractivity contribution in [1.29, 1.82) is 0 Å². The molecule has 4 nitrogen and oxygen atoms in total. The molecular weight excluding hydrogens is 256 g/mol. The van der Waals surface area contributed by atoms with Crippen LogP contribution in [-0.4, -0.2) is 32.1 Å². The molecule has 0 saturated carbocycles. The number of nitrogens with one attached hydrogen (secondary N) is 1. The molecule has 0 radical (unpaired) electrons. The molecule has 0 bridgehead atoms. The predicted octanol–water partition coefficient (Wildman–Crippen LogP) is 2.94. The summed E-state index contributed by atoms with van der Waals surface area (Å²) in [6.45, 7) is 5.17. The van der Waals surface area contributed by atoms with Gasteiger partial charge in [0.05, 0.1) is 5.02 Å². The van der Waals surface area contributed by atoms with Crippen LogP contribution in [0.1, 0.15) is 13.8 Å². The molecule has 0 spiro atoms. The highest BCUT2D eigenvalue weighted by atomic mass is 35.5. The van der Waals surface area contributed by atoms with E-state index in [4.69, 9.17) is 11.6 Å². The number of hydrogen-bond donors (Lipinski definition) is 1. The lowest BCUT2D eigenvalue weighted by Crippen LogP contribution is -2.26. The fraction of sp³-hybridized carbons (Fsp3) is 0.455. The highest BCUT2D eigenvalue weighted by Crippen LogP contribution is 2.21. The van der Waals surface area contributed by atoms with E-state index in [1.165, 1.54) is 0 Å². The van der Waals surface area contributed by atoms with Gasteiger partial charge in [0.1, 0.15) is 0 Å². The Morgan fingerprint density at radius 3 is 2.94 bits per heavy atom. The van der Waals surface area contributed by atoms with Gasteiger partial charge in [-0.15, -0.1) is 5.10 Å². The van der Waals surface area contributed by atoms with Gasteiger partial charge in [-0.2, -0.15) is 16.7 Å². The average Bonchev–Trinajstić information content (AvgIpc) is 2.68. The molecule has 2 rings (SSSR count). The van der Waals surface area contributed by atoms with Crippen molar-refractivity contribution in [2.45, 2.75) is 18.6 Å². The lowest BCUT2D eigenvalue weighted by molar-refractivity contribution is 0.746. The molecule has 0 aliphatic carbocycles. The molecule has 0 aliphatic rings. The van der Waals surface area contributed by atoms with Gasteiger partial charge in [0.2, 0.25) is 5.95 Å². The van der Waals surface area contributed by atoms with Crippen LogP contribution in [0.15, 0.2) is 18.3 Å². The summed E-state index contributed by atoms with van der Waals surface area (Å²) in [4.78, 5) is 4.36. The molecule has 0 unspecified atom stereocenters. The smallest absolute Gasteiger partial charge is 0.243 e. The number of halogens is 1. The second kappa shape index (κ2) is 4.74. The molecule has 0 saturated heterocycles. The zero-order valence-corrected chi connectivity index (χ0v) is 11.6. The SMILES string of the molecule is CSC(C)(C)CNc1nc2ccc(Cl)cn2n1. The van der Waals surface area contributed by atoms with Gasteiger partial charge < -0.3 is 5.32 Å². The fourth-order valence-electron chi connectivity index (χ4n) is 1.30. The minimum Gasteiger partial charge on any atom is -0.352 e. The first-order valence-electron chi connectivity index (χ1n) is 5.31. The number of aromatic nitrogens is 3. The minimum atomic E-state index is 0.162. The Morgan fingerprint density at radius 1 is 1.47 bits per heavy atom. The molecular formula is C11H15ClN4S. The van der Waals surface area contributed by atoms with Crippen LogP contribution < -0.4 is 5.32 Å². The maximum absolute atomic E-state index is 5.89. The number of hydrogen-bond acceptors (Lipinski definition) is 4. The summed E-state index contributed by atoms with van der Waals surface area (Å²) in [6.07, 6.45) is 3.84. The number of anilines is 1. The van der Waals surface area contributed by atoms with Gasteiger partial charge in [-0.1, -0.05) is 11.6 Å². The van der Waals surface area contributed by atoms with E-state index < -0.39 is 0 Å². The zero-order chi connectivity index (χ0) is 12.5. The van der Waals surface area contributed by atoms with Crippen molar-refractivity contribution in [1.82, 2.24) is 14.6 Å². The first-order valence-corrected chi connectivity index (χ1v) is 6.91. The van der Waals surface area contributed by atoms with Crippen LogP contribution in [0.25, 0.3) is 5.65 Å². The first kappa shape index (κ1) is 12.5. The summed E-state index contributed by atoms with van der Waals surface area (Å²) in [5, 5.41) is 8.20. The van der Waals surface area contributed by atoms with Crippen LogP contribution in [0.5, 0.6) is 0 Å².